The van der Waals surface area contributed by atoms with Crippen LogP contribution in [0.2, 0.25) is 0 Å². The molecule has 7 N–H and O–H groups in total. The maximum absolute atomic E-state index is 11.6. The first-order valence-corrected chi connectivity index (χ1v) is 10.6. The van der Waals surface area contributed by atoms with Gasteiger partial charge in [-0.3, -0.25) is 4.79 Å². The van der Waals surface area contributed by atoms with Gasteiger partial charge in [-0.2, -0.15) is 0 Å². The van der Waals surface area contributed by atoms with Gasteiger partial charge in [-0.1, -0.05) is 30.3 Å². The number of hydrogen-bond donors (Lipinski definition) is 7. The fraction of sp³-hybridized carbons (Fsp3) is 0.667. The Bertz CT molecular complexity index is 753. The highest BCUT2D eigenvalue weighted by molar-refractivity contribution is 5.73. The molecular weight excluding hydrogens is 442 g/mol. The summed E-state index contributed by atoms with van der Waals surface area (Å²) in [5.74, 6) is -0.552. The maximum Gasteiger partial charge on any atom is 0.217 e. The van der Waals surface area contributed by atoms with Crippen LogP contribution >= 0.6 is 0 Å². The number of aliphatic hydroxyl groups excluding tert-OH is 6. The summed E-state index contributed by atoms with van der Waals surface area (Å²) in [4.78, 5) is 11.6. The third-order valence-corrected chi connectivity index (χ3v) is 5.62. The molecule has 1 aromatic carbocycles. The molecule has 0 saturated carbocycles. The first kappa shape index (κ1) is 25.9. The van der Waals surface area contributed by atoms with E-state index in [-0.39, 0.29) is 6.61 Å². The molecule has 3 rings (SSSR count). The van der Waals surface area contributed by atoms with Crippen molar-refractivity contribution in [3.8, 4) is 0 Å². The van der Waals surface area contributed by atoms with E-state index >= 15 is 0 Å². The molecule has 2 saturated heterocycles. The van der Waals surface area contributed by atoms with Crippen molar-refractivity contribution in [1.29, 1.82) is 0 Å². The molecule has 0 aromatic heterocycles. The highest BCUT2D eigenvalue weighted by atomic mass is 16.7. The minimum Gasteiger partial charge on any atom is -0.394 e. The Kier molecular flexibility index (Phi) is 9.12. The van der Waals surface area contributed by atoms with E-state index in [1.54, 1.807) is 24.3 Å². The van der Waals surface area contributed by atoms with Gasteiger partial charge in [-0.15, -0.1) is 0 Å². The fourth-order valence-electron chi connectivity index (χ4n) is 3.83. The second-order valence-corrected chi connectivity index (χ2v) is 8.04. The van der Waals surface area contributed by atoms with E-state index < -0.39 is 80.5 Å². The van der Waals surface area contributed by atoms with Crippen LogP contribution in [0.4, 0.5) is 0 Å². The lowest BCUT2D eigenvalue weighted by molar-refractivity contribution is -0.356. The summed E-state index contributed by atoms with van der Waals surface area (Å²) in [7, 11) is 0. The lowest BCUT2D eigenvalue weighted by atomic mass is 9.95. The Morgan fingerprint density at radius 1 is 0.909 bits per heavy atom. The molecule has 33 heavy (non-hydrogen) atoms. The van der Waals surface area contributed by atoms with Crippen LogP contribution in [0.3, 0.4) is 0 Å². The van der Waals surface area contributed by atoms with Gasteiger partial charge in [0.1, 0.15) is 48.8 Å². The Hall–Kier alpha value is -1.71. The number of nitrogens with one attached hydrogen (secondary N) is 1. The van der Waals surface area contributed by atoms with Gasteiger partial charge in [0.15, 0.2) is 12.6 Å². The average molecular weight is 473 g/mol. The molecule has 2 aliphatic heterocycles. The van der Waals surface area contributed by atoms with Gasteiger partial charge in [-0.05, 0) is 5.56 Å². The number of benzene rings is 1. The van der Waals surface area contributed by atoms with Crippen LogP contribution in [0.15, 0.2) is 30.3 Å². The molecule has 1 amide bonds. The normalized spacial score (nSPS) is 39.2. The van der Waals surface area contributed by atoms with Gasteiger partial charge in [0.2, 0.25) is 5.91 Å². The molecule has 2 aliphatic rings. The summed E-state index contributed by atoms with van der Waals surface area (Å²) in [6.45, 7) is -0.0123. The van der Waals surface area contributed by atoms with Crippen molar-refractivity contribution in [2.75, 3.05) is 13.2 Å². The SMILES string of the molecule is CC(=O)N[C@H]1[C@H](O[C@@H]2[C@@H](OCc3ccccc3)O[C@H](CO)[C@@H](O)[C@@H]2O)O[C@H](CO)[C@@H](O)[C@@H]1O. The highest BCUT2D eigenvalue weighted by Gasteiger charge is 2.51. The summed E-state index contributed by atoms with van der Waals surface area (Å²) < 4.78 is 22.7. The Labute approximate surface area is 190 Å². The van der Waals surface area contributed by atoms with Gasteiger partial charge in [0, 0.05) is 6.92 Å². The molecular formula is C21H31NO11. The monoisotopic (exact) mass is 473 g/mol. The Morgan fingerprint density at radius 2 is 1.48 bits per heavy atom. The zero-order valence-electron chi connectivity index (χ0n) is 18.0. The number of hydrogen-bond acceptors (Lipinski definition) is 11. The maximum atomic E-state index is 11.6. The van der Waals surface area contributed by atoms with Crippen LogP contribution in [0.5, 0.6) is 0 Å². The van der Waals surface area contributed by atoms with E-state index in [1.165, 1.54) is 6.92 Å². The molecule has 1 aromatic rings. The van der Waals surface area contributed by atoms with Crippen LogP contribution in [-0.4, -0.2) is 111 Å². The highest BCUT2D eigenvalue weighted by Crippen LogP contribution is 2.30. The third kappa shape index (κ3) is 6.05. The number of ether oxygens (including phenoxy) is 4. The van der Waals surface area contributed by atoms with Gasteiger partial charge < -0.3 is 54.9 Å². The number of carbonyl (C=O) groups excluding carboxylic acids is 1. The van der Waals surface area contributed by atoms with E-state index in [2.05, 4.69) is 5.32 Å². The molecule has 12 nitrogen and oxygen atoms in total. The Balaban J connectivity index is 1.82. The predicted octanol–water partition coefficient (Wildman–Crippen LogP) is -3.03. The molecule has 0 radical (unpaired) electrons. The first-order chi connectivity index (χ1) is 15.8. The second kappa shape index (κ2) is 11.6. The molecule has 186 valence electrons. The minimum atomic E-state index is -1.60. The third-order valence-electron chi connectivity index (χ3n) is 5.62. The Morgan fingerprint density at radius 3 is 2.06 bits per heavy atom. The molecule has 10 atom stereocenters. The fourth-order valence-corrected chi connectivity index (χ4v) is 3.83. The number of aliphatic hydroxyl groups is 6. The van der Waals surface area contributed by atoms with Gasteiger partial charge in [-0.25, -0.2) is 0 Å². The predicted molar refractivity (Wildman–Crippen MR) is 109 cm³/mol. The lowest BCUT2D eigenvalue weighted by Gasteiger charge is -2.47. The number of rotatable bonds is 8. The van der Waals surface area contributed by atoms with Crippen LogP contribution in [0.1, 0.15) is 12.5 Å². The van der Waals surface area contributed by atoms with Gasteiger partial charge >= 0.3 is 0 Å². The topological polar surface area (TPSA) is 187 Å². The van der Waals surface area contributed by atoms with Crippen molar-refractivity contribution in [2.45, 2.75) is 74.9 Å². The van der Waals surface area contributed by atoms with E-state index in [1.807, 2.05) is 6.07 Å². The number of carbonyl (C=O) groups is 1. The van der Waals surface area contributed by atoms with E-state index in [0.29, 0.717) is 0 Å². The van der Waals surface area contributed by atoms with Crippen LogP contribution in [0, 0.1) is 0 Å². The van der Waals surface area contributed by atoms with Crippen LogP contribution in [0.25, 0.3) is 0 Å². The van der Waals surface area contributed by atoms with E-state index in [9.17, 15) is 35.4 Å². The molecule has 2 fully saturated rings. The summed E-state index contributed by atoms with van der Waals surface area (Å²) in [6.07, 6.45) is -12.7. The standard InChI is InChI=1S/C21H31NO11/c1-10(25)22-14-17(28)15(26)12(7-23)31-20(14)33-19-18(29)16(27)13(8-24)32-21(19)30-9-11-5-3-2-4-6-11/h2-6,12-21,23-24,26-29H,7-9H2,1H3,(H,22,25)/t12-,13-,14-,15-,16-,17-,18+,19+,20+,21+/m1/s1. The van der Waals surface area contributed by atoms with Gasteiger partial charge in [0.25, 0.3) is 0 Å². The number of amides is 1. The second-order valence-electron chi connectivity index (χ2n) is 8.04. The van der Waals surface area contributed by atoms with Gasteiger partial charge in [0.05, 0.1) is 19.8 Å². The van der Waals surface area contributed by atoms with Crippen LogP contribution < -0.4 is 5.32 Å². The molecule has 0 spiro atoms. The zero-order valence-corrected chi connectivity index (χ0v) is 18.0. The van der Waals surface area contributed by atoms with E-state index in [0.717, 1.165) is 5.56 Å². The largest absolute Gasteiger partial charge is 0.394 e. The van der Waals surface area contributed by atoms with Crippen molar-refractivity contribution in [3.05, 3.63) is 35.9 Å². The van der Waals surface area contributed by atoms with Crippen molar-refractivity contribution < 1.29 is 54.4 Å². The molecule has 0 unspecified atom stereocenters. The summed E-state index contributed by atoms with van der Waals surface area (Å²) in [5, 5.41) is 63.1. The van der Waals surface area contributed by atoms with Crippen molar-refractivity contribution in [2.24, 2.45) is 0 Å². The smallest absolute Gasteiger partial charge is 0.217 e. The van der Waals surface area contributed by atoms with Crippen LogP contribution in [-0.2, 0) is 30.3 Å². The van der Waals surface area contributed by atoms with Crippen molar-refractivity contribution in [3.63, 3.8) is 0 Å². The molecule has 0 bridgehead atoms. The average Bonchev–Trinajstić information content (AvgIpc) is 2.81. The summed E-state index contributed by atoms with van der Waals surface area (Å²) in [6, 6.07) is 7.77. The summed E-state index contributed by atoms with van der Waals surface area (Å²) in [5.41, 5.74) is 0.782. The minimum absolute atomic E-state index is 0.0492. The first-order valence-electron chi connectivity index (χ1n) is 10.6. The summed E-state index contributed by atoms with van der Waals surface area (Å²) >= 11 is 0. The lowest BCUT2D eigenvalue weighted by Crippen LogP contribution is -2.67. The zero-order chi connectivity index (χ0) is 24.1. The molecule has 0 aliphatic carbocycles. The molecule has 2 heterocycles. The quantitative estimate of drug-likeness (QED) is 0.203. The van der Waals surface area contributed by atoms with Crippen molar-refractivity contribution in [1.82, 2.24) is 5.32 Å². The van der Waals surface area contributed by atoms with E-state index in [4.69, 9.17) is 18.9 Å². The molecule has 12 heteroatoms. The van der Waals surface area contributed by atoms with Crippen molar-refractivity contribution >= 4 is 5.91 Å².